The highest BCUT2D eigenvalue weighted by Gasteiger charge is 2.34. The second-order valence-corrected chi connectivity index (χ2v) is 6.22. The molecule has 0 radical (unpaired) electrons. The molecule has 1 N–H and O–H groups in total. The molecule has 2 aliphatic heterocycles. The van der Waals surface area contributed by atoms with Crippen molar-refractivity contribution < 1.29 is 4.79 Å². The van der Waals surface area contributed by atoms with Gasteiger partial charge in [0.15, 0.2) is 0 Å². The molecule has 2 atom stereocenters. The number of rotatable bonds is 2. The predicted octanol–water partition coefficient (Wildman–Crippen LogP) is 3.00. The first-order valence-corrected chi connectivity index (χ1v) is 7.90. The van der Waals surface area contributed by atoms with Crippen LogP contribution in [0.5, 0.6) is 0 Å². The summed E-state index contributed by atoms with van der Waals surface area (Å²) in [6.07, 6.45) is 4.26. The lowest BCUT2D eigenvalue weighted by atomic mass is 9.96. The van der Waals surface area contributed by atoms with Gasteiger partial charge in [-0.05, 0) is 49.9 Å². The third kappa shape index (κ3) is 2.84. The Balaban J connectivity index is 1.76. The third-order valence-corrected chi connectivity index (χ3v) is 4.65. The Hall–Kier alpha value is -1.06. The van der Waals surface area contributed by atoms with Crippen LogP contribution in [0.25, 0.3) is 0 Å². The molecule has 1 aromatic rings. The summed E-state index contributed by atoms with van der Waals surface area (Å²) >= 11 is 6.09. The van der Waals surface area contributed by atoms with E-state index in [0.29, 0.717) is 5.91 Å². The molecule has 0 bridgehead atoms. The summed E-state index contributed by atoms with van der Waals surface area (Å²) in [7, 11) is 0. The SMILES string of the molecule is O=C(C1CCCNC1)N1CCCC1c1cccc(Cl)c1. The van der Waals surface area contributed by atoms with Gasteiger partial charge in [-0.1, -0.05) is 23.7 Å². The second-order valence-electron chi connectivity index (χ2n) is 5.79. The molecule has 0 aliphatic carbocycles. The van der Waals surface area contributed by atoms with E-state index in [9.17, 15) is 4.79 Å². The van der Waals surface area contributed by atoms with Crippen molar-refractivity contribution in [1.29, 1.82) is 0 Å². The minimum atomic E-state index is 0.156. The first kappa shape index (κ1) is 13.9. The molecule has 0 saturated carbocycles. The molecule has 20 heavy (non-hydrogen) atoms. The quantitative estimate of drug-likeness (QED) is 0.909. The van der Waals surface area contributed by atoms with Crippen molar-refractivity contribution in [3.8, 4) is 0 Å². The highest BCUT2D eigenvalue weighted by molar-refractivity contribution is 6.30. The summed E-state index contributed by atoms with van der Waals surface area (Å²) in [4.78, 5) is 14.8. The fourth-order valence-electron chi connectivity index (χ4n) is 3.39. The van der Waals surface area contributed by atoms with Crippen LogP contribution in [0, 0.1) is 5.92 Å². The molecule has 0 aromatic heterocycles. The Kier molecular flexibility index (Phi) is 4.27. The van der Waals surface area contributed by atoms with E-state index in [2.05, 4.69) is 16.3 Å². The molecule has 3 nitrogen and oxygen atoms in total. The molecule has 2 aliphatic rings. The molecule has 0 spiro atoms. The summed E-state index contributed by atoms with van der Waals surface area (Å²) in [5.41, 5.74) is 1.17. The first-order chi connectivity index (χ1) is 9.75. The van der Waals surface area contributed by atoms with E-state index < -0.39 is 0 Å². The zero-order chi connectivity index (χ0) is 13.9. The molecule has 1 aromatic carbocycles. The third-order valence-electron chi connectivity index (χ3n) is 4.42. The van der Waals surface area contributed by atoms with Crippen LogP contribution in [0.15, 0.2) is 24.3 Å². The number of carbonyl (C=O) groups is 1. The number of nitrogens with zero attached hydrogens (tertiary/aromatic N) is 1. The van der Waals surface area contributed by atoms with Gasteiger partial charge in [0.25, 0.3) is 0 Å². The Labute approximate surface area is 125 Å². The molecular formula is C16H21ClN2O. The molecule has 3 rings (SSSR count). The summed E-state index contributed by atoms with van der Waals surface area (Å²) in [6.45, 7) is 2.76. The molecule has 1 amide bonds. The largest absolute Gasteiger partial charge is 0.335 e. The minimum absolute atomic E-state index is 0.156. The van der Waals surface area contributed by atoms with Crippen LogP contribution in [0.2, 0.25) is 5.02 Å². The number of hydrogen-bond acceptors (Lipinski definition) is 2. The van der Waals surface area contributed by atoms with Gasteiger partial charge in [-0.2, -0.15) is 0 Å². The van der Waals surface area contributed by atoms with Gasteiger partial charge >= 0.3 is 0 Å². The molecule has 4 heteroatoms. The van der Waals surface area contributed by atoms with Gasteiger partial charge in [-0.25, -0.2) is 0 Å². The molecule has 2 saturated heterocycles. The molecular weight excluding hydrogens is 272 g/mol. The lowest BCUT2D eigenvalue weighted by molar-refractivity contribution is -0.137. The standard InChI is InChI=1S/C16H21ClN2O/c17-14-6-1-4-12(10-14)15-7-3-9-19(15)16(20)13-5-2-8-18-11-13/h1,4,6,10,13,15,18H,2-3,5,7-9,11H2. The lowest BCUT2D eigenvalue weighted by Gasteiger charge is -2.31. The zero-order valence-electron chi connectivity index (χ0n) is 11.6. The van der Waals surface area contributed by atoms with Crippen LogP contribution in [0.4, 0.5) is 0 Å². The topological polar surface area (TPSA) is 32.3 Å². The Morgan fingerprint density at radius 3 is 2.95 bits per heavy atom. The normalized spacial score (nSPS) is 26.8. The van der Waals surface area contributed by atoms with Crippen molar-refractivity contribution in [2.45, 2.75) is 31.7 Å². The maximum absolute atomic E-state index is 12.7. The number of amides is 1. The van der Waals surface area contributed by atoms with Gasteiger partial charge in [0.1, 0.15) is 0 Å². The maximum Gasteiger partial charge on any atom is 0.227 e. The monoisotopic (exact) mass is 292 g/mol. The Morgan fingerprint density at radius 2 is 2.20 bits per heavy atom. The van der Waals surface area contributed by atoms with Crippen LogP contribution in [0.3, 0.4) is 0 Å². The van der Waals surface area contributed by atoms with Gasteiger partial charge in [0.05, 0.1) is 12.0 Å². The summed E-state index contributed by atoms with van der Waals surface area (Å²) in [6, 6.07) is 8.15. The maximum atomic E-state index is 12.7. The fourth-order valence-corrected chi connectivity index (χ4v) is 3.59. The number of nitrogens with one attached hydrogen (secondary N) is 1. The van der Waals surface area contributed by atoms with Crippen LogP contribution >= 0.6 is 11.6 Å². The van der Waals surface area contributed by atoms with Gasteiger partial charge in [0, 0.05) is 18.1 Å². The van der Waals surface area contributed by atoms with E-state index in [1.807, 2.05) is 18.2 Å². The highest BCUT2D eigenvalue weighted by atomic mass is 35.5. The number of halogens is 1. The fraction of sp³-hybridized carbons (Fsp3) is 0.562. The van der Waals surface area contributed by atoms with Gasteiger partial charge in [-0.3, -0.25) is 4.79 Å². The van der Waals surface area contributed by atoms with Crippen LogP contribution in [-0.4, -0.2) is 30.4 Å². The highest BCUT2D eigenvalue weighted by Crippen LogP contribution is 2.34. The van der Waals surface area contributed by atoms with Crippen LogP contribution in [0.1, 0.15) is 37.3 Å². The molecule has 2 heterocycles. The summed E-state index contributed by atoms with van der Waals surface area (Å²) in [5.74, 6) is 0.475. The van der Waals surface area contributed by atoms with Crippen LogP contribution < -0.4 is 5.32 Å². The van der Waals surface area contributed by atoms with Gasteiger partial charge in [-0.15, -0.1) is 0 Å². The van der Waals surface area contributed by atoms with E-state index in [0.717, 1.165) is 50.3 Å². The average Bonchev–Trinajstić information content (AvgIpc) is 2.97. The second kappa shape index (κ2) is 6.15. The lowest BCUT2D eigenvalue weighted by Crippen LogP contribution is -2.42. The minimum Gasteiger partial charge on any atom is -0.335 e. The number of hydrogen-bond donors (Lipinski definition) is 1. The predicted molar refractivity (Wildman–Crippen MR) is 80.7 cm³/mol. The summed E-state index contributed by atoms with van der Waals surface area (Å²) < 4.78 is 0. The summed E-state index contributed by atoms with van der Waals surface area (Å²) in [5, 5.41) is 4.09. The van der Waals surface area contributed by atoms with Crippen molar-refractivity contribution in [3.05, 3.63) is 34.9 Å². The first-order valence-electron chi connectivity index (χ1n) is 7.52. The molecule has 2 unspecified atom stereocenters. The number of benzene rings is 1. The van der Waals surface area contributed by atoms with Crippen molar-refractivity contribution in [2.75, 3.05) is 19.6 Å². The van der Waals surface area contributed by atoms with E-state index >= 15 is 0 Å². The van der Waals surface area contributed by atoms with Crippen molar-refractivity contribution in [1.82, 2.24) is 10.2 Å². The van der Waals surface area contributed by atoms with E-state index in [4.69, 9.17) is 11.6 Å². The number of likely N-dealkylation sites (tertiary alicyclic amines) is 1. The van der Waals surface area contributed by atoms with E-state index in [-0.39, 0.29) is 12.0 Å². The van der Waals surface area contributed by atoms with Gasteiger partial charge in [0.2, 0.25) is 5.91 Å². The average molecular weight is 293 g/mol. The van der Waals surface area contributed by atoms with Gasteiger partial charge < -0.3 is 10.2 Å². The van der Waals surface area contributed by atoms with E-state index in [1.165, 1.54) is 5.56 Å². The van der Waals surface area contributed by atoms with Crippen molar-refractivity contribution in [2.24, 2.45) is 5.92 Å². The van der Waals surface area contributed by atoms with Crippen LogP contribution in [-0.2, 0) is 4.79 Å². The zero-order valence-corrected chi connectivity index (χ0v) is 12.4. The molecule has 108 valence electrons. The Bertz CT molecular complexity index is 485. The number of carbonyl (C=O) groups excluding carboxylic acids is 1. The smallest absolute Gasteiger partial charge is 0.227 e. The van der Waals surface area contributed by atoms with Crippen molar-refractivity contribution in [3.63, 3.8) is 0 Å². The Morgan fingerprint density at radius 1 is 1.30 bits per heavy atom. The van der Waals surface area contributed by atoms with E-state index in [1.54, 1.807) is 0 Å². The number of piperidine rings is 1. The molecule has 2 fully saturated rings. The van der Waals surface area contributed by atoms with Crippen molar-refractivity contribution >= 4 is 17.5 Å².